The largest absolute Gasteiger partial charge is 0.493 e. The number of hydrogen-bond donors (Lipinski definition) is 2. The molecule has 0 spiro atoms. The SMILES string of the molecule is O=c1[nH]c(=O)n(-c2cccc(C(F)(F)F)c2)c(O)c1/C=N/N1CCCCC1. The molecule has 0 bridgehead atoms. The fourth-order valence-electron chi connectivity index (χ4n) is 2.85. The van der Waals surface area contributed by atoms with Crippen molar-refractivity contribution in [2.75, 3.05) is 13.1 Å². The van der Waals surface area contributed by atoms with E-state index >= 15 is 0 Å². The predicted octanol–water partition coefficient (Wildman–Crippen LogP) is 2.07. The Morgan fingerprint density at radius 3 is 2.52 bits per heavy atom. The van der Waals surface area contributed by atoms with Gasteiger partial charge >= 0.3 is 11.9 Å². The highest BCUT2D eigenvalue weighted by atomic mass is 19.4. The monoisotopic (exact) mass is 382 g/mol. The number of aromatic hydroxyl groups is 1. The molecule has 0 aliphatic carbocycles. The number of benzene rings is 1. The number of hydrogen-bond acceptors (Lipinski definition) is 5. The molecular formula is C17H17F3N4O3. The molecule has 144 valence electrons. The smallest absolute Gasteiger partial charge is 0.416 e. The molecule has 1 aromatic carbocycles. The minimum Gasteiger partial charge on any atom is -0.493 e. The van der Waals surface area contributed by atoms with Gasteiger partial charge in [-0.05, 0) is 37.5 Å². The van der Waals surface area contributed by atoms with Gasteiger partial charge < -0.3 is 5.11 Å². The van der Waals surface area contributed by atoms with Crippen molar-refractivity contribution in [3.63, 3.8) is 0 Å². The lowest BCUT2D eigenvalue weighted by atomic mass is 10.2. The highest BCUT2D eigenvalue weighted by Gasteiger charge is 2.31. The van der Waals surface area contributed by atoms with Crippen molar-refractivity contribution in [1.29, 1.82) is 0 Å². The molecule has 7 nitrogen and oxygen atoms in total. The van der Waals surface area contributed by atoms with Gasteiger partial charge in [-0.1, -0.05) is 6.07 Å². The number of aromatic nitrogens is 2. The third kappa shape index (κ3) is 4.04. The maximum Gasteiger partial charge on any atom is 0.416 e. The van der Waals surface area contributed by atoms with Gasteiger partial charge in [-0.15, -0.1) is 0 Å². The summed E-state index contributed by atoms with van der Waals surface area (Å²) in [4.78, 5) is 26.1. The Balaban J connectivity index is 2.06. The van der Waals surface area contributed by atoms with Crippen LogP contribution in [-0.4, -0.2) is 39.0 Å². The van der Waals surface area contributed by atoms with Gasteiger partial charge in [0, 0.05) is 13.1 Å². The normalized spacial score (nSPS) is 15.4. The quantitative estimate of drug-likeness (QED) is 0.796. The third-order valence-corrected chi connectivity index (χ3v) is 4.24. The molecule has 2 aromatic rings. The van der Waals surface area contributed by atoms with Crippen LogP contribution in [0.2, 0.25) is 0 Å². The first-order valence-electron chi connectivity index (χ1n) is 8.32. The summed E-state index contributed by atoms with van der Waals surface area (Å²) in [5.41, 5.74) is -3.44. The van der Waals surface area contributed by atoms with E-state index in [-0.39, 0.29) is 11.3 Å². The average Bonchev–Trinajstić information content (AvgIpc) is 2.61. The lowest BCUT2D eigenvalue weighted by Gasteiger charge is -2.23. The second-order valence-electron chi connectivity index (χ2n) is 6.14. The Bertz CT molecular complexity index is 973. The molecule has 0 atom stereocenters. The number of piperidine rings is 1. The van der Waals surface area contributed by atoms with E-state index in [0.717, 1.165) is 37.6 Å². The number of hydrazone groups is 1. The molecule has 1 aliphatic rings. The molecule has 27 heavy (non-hydrogen) atoms. The summed E-state index contributed by atoms with van der Waals surface area (Å²) in [5.74, 6) is -0.774. The summed E-state index contributed by atoms with van der Waals surface area (Å²) >= 11 is 0. The summed E-state index contributed by atoms with van der Waals surface area (Å²) < 4.78 is 39.4. The zero-order valence-corrected chi connectivity index (χ0v) is 14.2. The number of aromatic amines is 1. The van der Waals surface area contributed by atoms with Gasteiger partial charge in [-0.3, -0.25) is 14.8 Å². The Morgan fingerprint density at radius 2 is 1.85 bits per heavy atom. The number of halogens is 3. The fourth-order valence-corrected chi connectivity index (χ4v) is 2.85. The predicted molar refractivity (Wildman–Crippen MR) is 92.3 cm³/mol. The molecule has 0 unspecified atom stereocenters. The van der Waals surface area contributed by atoms with Gasteiger partial charge in [0.2, 0.25) is 5.88 Å². The zero-order valence-electron chi connectivity index (χ0n) is 14.2. The summed E-state index contributed by atoms with van der Waals surface area (Å²) in [5, 5.41) is 16.2. The van der Waals surface area contributed by atoms with Crippen molar-refractivity contribution in [1.82, 2.24) is 14.6 Å². The summed E-state index contributed by atoms with van der Waals surface area (Å²) in [7, 11) is 0. The van der Waals surface area contributed by atoms with Crippen LogP contribution in [0.15, 0.2) is 39.0 Å². The Kier molecular flexibility index (Phi) is 5.06. The van der Waals surface area contributed by atoms with Crippen molar-refractivity contribution in [2.45, 2.75) is 25.4 Å². The van der Waals surface area contributed by atoms with Gasteiger partial charge in [0.25, 0.3) is 5.56 Å². The van der Waals surface area contributed by atoms with E-state index in [1.807, 2.05) is 4.98 Å². The number of alkyl halides is 3. The second-order valence-corrected chi connectivity index (χ2v) is 6.14. The Hall–Kier alpha value is -3.04. The Morgan fingerprint density at radius 1 is 1.15 bits per heavy atom. The van der Waals surface area contributed by atoms with Crippen LogP contribution in [0.1, 0.15) is 30.4 Å². The summed E-state index contributed by atoms with van der Waals surface area (Å²) in [6.45, 7) is 1.39. The number of rotatable bonds is 3. The molecule has 0 saturated carbocycles. The number of nitrogens with zero attached hydrogens (tertiary/aromatic N) is 3. The maximum absolute atomic E-state index is 12.9. The first-order valence-corrected chi connectivity index (χ1v) is 8.32. The van der Waals surface area contributed by atoms with Crippen molar-refractivity contribution < 1.29 is 18.3 Å². The lowest BCUT2D eigenvalue weighted by molar-refractivity contribution is -0.137. The van der Waals surface area contributed by atoms with Gasteiger partial charge in [0.15, 0.2) is 0 Å². The molecule has 10 heteroatoms. The first kappa shape index (κ1) is 18.7. The van der Waals surface area contributed by atoms with Crippen molar-refractivity contribution >= 4 is 6.21 Å². The molecule has 1 saturated heterocycles. The van der Waals surface area contributed by atoms with Crippen LogP contribution in [-0.2, 0) is 6.18 Å². The van der Waals surface area contributed by atoms with Crippen molar-refractivity contribution in [2.24, 2.45) is 5.10 Å². The minimum atomic E-state index is -4.62. The molecule has 2 N–H and O–H groups in total. The average molecular weight is 382 g/mol. The van der Waals surface area contributed by atoms with Crippen LogP contribution < -0.4 is 11.2 Å². The van der Waals surface area contributed by atoms with Crippen LogP contribution in [0.3, 0.4) is 0 Å². The molecule has 2 heterocycles. The van der Waals surface area contributed by atoms with Crippen molar-refractivity contribution in [3.8, 4) is 11.6 Å². The van der Waals surface area contributed by atoms with Gasteiger partial charge in [0.05, 0.1) is 17.5 Å². The molecule has 1 aromatic heterocycles. The molecule has 0 amide bonds. The fraction of sp³-hybridized carbons (Fsp3) is 0.353. The van der Waals surface area contributed by atoms with E-state index < -0.39 is 28.9 Å². The maximum atomic E-state index is 12.9. The van der Waals surface area contributed by atoms with E-state index in [2.05, 4.69) is 5.10 Å². The molecule has 1 fully saturated rings. The molecule has 1 aliphatic heterocycles. The topological polar surface area (TPSA) is 90.7 Å². The number of H-pyrrole nitrogens is 1. The Labute approximate surface area is 151 Å². The van der Waals surface area contributed by atoms with Crippen LogP contribution in [0.25, 0.3) is 5.69 Å². The molecule has 0 radical (unpaired) electrons. The van der Waals surface area contributed by atoms with E-state index in [1.54, 1.807) is 5.01 Å². The zero-order chi connectivity index (χ0) is 19.6. The van der Waals surface area contributed by atoms with Gasteiger partial charge in [-0.2, -0.15) is 18.3 Å². The number of nitrogens with one attached hydrogen (secondary N) is 1. The van der Waals surface area contributed by atoms with Crippen LogP contribution in [0.5, 0.6) is 5.88 Å². The molecule has 3 rings (SSSR count). The highest BCUT2D eigenvalue weighted by Crippen LogP contribution is 2.30. The second kappa shape index (κ2) is 7.29. The highest BCUT2D eigenvalue weighted by molar-refractivity contribution is 5.82. The summed E-state index contributed by atoms with van der Waals surface area (Å²) in [6.07, 6.45) is -0.524. The van der Waals surface area contributed by atoms with E-state index in [1.165, 1.54) is 6.07 Å². The van der Waals surface area contributed by atoms with Crippen LogP contribution >= 0.6 is 0 Å². The minimum absolute atomic E-state index is 0.226. The van der Waals surface area contributed by atoms with Crippen LogP contribution in [0.4, 0.5) is 13.2 Å². The standard InChI is InChI=1S/C17H17F3N4O3/c18-17(19,20)11-5-4-6-12(9-11)24-15(26)13(14(25)22-16(24)27)10-21-23-7-2-1-3-8-23/h4-6,9-10,26H,1-3,7-8H2,(H,22,25,27)/b21-10+. The van der Waals surface area contributed by atoms with E-state index in [0.29, 0.717) is 23.7 Å². The van der Waals surface area contributed by atoms with E-state index in [4.69, 9.17) is 0 Å². The van der Waals surface area contributed by atoms with Crippen molar-refractivity contribution in [3.05, 3.63) is 56.2 Å². The molecular weight excluding hydrogens is 365 g/mol. The first-order chi connectivity index (χ1) is 12.8. The summed E-state index contributed by atoms with van der Waals surface area (Å²) in [6, 6.07) is 3.89. The third-order valence-electron chi connectivity index (χ3n) is 4.24. The van der Waals surface area contributed by atoms with Gasteiger partial charge in [0.1, 0.15) is 5.56 Å². The van der Waals surface area contributed by atoms with Gasteiger partial charge in [-0.25, -0.2) is 9.36 Å². The van der Waals surface area contributed by atoms with E-state index in [9.17, 15) is 27.9 Å². The van der Waals surface area contributed by atoms with Crippen LogP contribution in [0, 0.1) is 0 Å². The lowest BCUT2D eigenvalue weighted by Crippen LogP contribution is -2.32.